The lowest BCUT2D eigenvalue weighted by molar-refractivity contribution is 0.104. The van der Waals surface area contributed by atoms with Crippen molar-refractivity contribution in [3.05, 3.63) is 88.7 Å². The average molecular weight is 448 g/mol. The van der Waals surface area contributed by atoms with E-state index in [-0.39, 0.29) is 5.56 Å². The van der Waals surface area contributed by atoms with E-state index in [1.54, 1.807) is 12.1 Å². The molecule has 0 fully saturated rings. The maximum absolute atomic E-state index is 14.3. The molecular formula is C28H30FNO3. The number of allylic oxidation sites excluding steroid dienone is 1. The predicted octanol–water partition coefficient (Wildman–Crippen LogP) is 5.95. The van der Waals surface area contributed by atoms with Crippen molar-refractivity contribution in [2.45, 2.75) is 13.8 Å². The van der Waals surface area contributed by atoms with Crippen molar-refractivity contribution < 1.29 is 18.7 Å². The summed E-state index contributed by atoms with van der Waals surface area (Å²) in [5.41, 5.74) is 5.22. The molecule has 0 N–H and O–H groups in total. The van der Waals surface area contributed by atoms with Gasteiger partial charge in [0, 0.05) is 18.2 Å². The Bertz CT molecular complexity index is 1150. The molecule has 0 aliphatic rings. The number of hydrogen-bond acceptors (Lipinski definition) is 4. The van der Waals surface area contributed by atoms with Crippen LogP contribution in [0.25, 0.3) is 17.2 Å². The molecule has 3 aromatic rings. The van der Waals surface area contributed by atoms with Crippen molar-refractivity contribution in [3.8, 4) is 22.6 Å². The highest BCUT2D eigenvalue weighted by Crippen LogP contribution is 2.29. The van der Waals surface area contributed by atoms with Gasteiger partial charge in [-0.3, -0.25) is 4.79 Å². The number of aryl methyl sites for hydroxylation is 2. The number of hydrogen-bond donors (Lipinski definition) is 0. The summed E-state index contributed by atoms with van der Waals surface area (Å²) in [6, 6.07) is 16.5. The molecule has 33 heavy (non-hydrogen) atoms. The van der Waals surface area contributed by atoms with Gasteiger partial charge in [-0.1, -0.05) is 35.4 Å². The van der Waals surface area contributed by atoms with E-state index < -0.39 is 11.6 Å². The van der Waals surface area contributed by atoms with E-state index in [0.29, 0.717) is 18.1 Å². The first-order valence-electron chi connectivity index (χ1n) is 10.8. The van der Waals surface area contributed by atoms with Gasteiger partial charge in [0.2, 0.25) is 0 Å². The fraction of sp³-hybridized carbons (Fsp3) is 0.250. The minimum absolute atomic E-state index is 0.00686. The van der Waals surface area contributed by atoms with Crippen molar-refractivity contribution in [1.29, 1.82) is 0 Å². The third-order valence-electron chi connectivity index (χ3n) is 5.22. The van der Waals surface area contributed by atoms with Crippen LogP contribution in [-0.4, -0.2) is 45.0 Å². The molecule has 0 aromatic heterocycles. The Labute approximate surface area is 195 Å². The summed E-state index contributed by atoms with van der Waals surface area (Å²) < 4.78 is 25.3. The molecule has 0 saturated heterocycles. The van der Waals surface area contributed by atoms with Crippen LogP contribution < -0.4 is 9.47 Å². The molecule has 172 valence electrons. The number of ether oxygens (including phenoxy) is 2. The zero-order chi connectivity index (χ0) is 24.0. The minimum Gasteiger partial charge on any atom is -0.497 e. The first kappa shape index (κ1) is 24.2. The van der Waals surface area contributed by atoms with E-state index in [9.17, 15) is 9.18 Å². The largest absolute Gasteiger partial charge is 0.497 e. The lowest BCUT2D eigenvalue weighted by Gasteiger charge is -2.14. The van der Waals surface area contributed by atoms with E-state index in [0.717, 1.165) is 23.2 Å². The van der Waals surface area contributed by atoms with Crippen molar-refractivity contribution in [1.82, 2.24) is 4.90 Å². The second-order valence-electron chi connectivity index (χ2n) is 8.32. The van der Waals surface area contributed by atoms with Gasteiger partial charge in [-0.05, 0) is 75.5 Å². The smallest absolute Gasteiger partial charge is 0.188 e. The van der Waals surface area contributed by atoms with Crippen molar-refractivity contribution in [2.75, 3.05) is 34.4 Å². The van der Waals surface area contributed by atoms with Gasteiger partial charge in [-0.15, -0.1) is 0 Å². The van der Waals surface area contributed by atoms with Gasteiger partial charge in [0.15, 0.2) is 5.78 Å². The van der Waals surface area contributed by atoms with Gasteiger partial charge in [-0.2, -0.15) is 0 Å². The van der Waals surface area contributed by atoms with Crippen LogP contribution in [0.5, 0.6) is 11.5 Å². The number of carbonyl (C=O) groups is 1. The van der Waals surface area contributed by atoms with E-state index >= 15 is 0 Å². The Morgan fingerprint density at radius 2 is 1.70 bits per heavy atom. The molecule has 0 heterocycles. The number of nitrogens with zero attached hydrogens (tertiary/aromatic N) is 1. The van der Waals surface area contributed by atoms with Crippen LogP contribution in [0.4, 0.5) is 4.39 Å². The summed E-state index contributed by atoms with van der Waals surface area (Å²) in [4.78, 5) is 14.7. The lowest BCUT2D eigenvalue weighted by atomic mass is 9.98. The van der Waals surface area contributed by atoms with Crippen molar-refractivity contribution in [3.63, 3.8) is 0 Å². The minimum atomic E-state index is -0.615. The van der Waals surface area contributed by atoms with Crippen molar-refractivity contribution >= 4 is 11.9 Å². The maximum Gasteiger partial charge on any atom is 0.188 e. The Balaban J connectivity index is 1.94. The second kappa shape index (κ2) is 10.9. The molecule has 0 unspecified atom stereocenters. The third-order valence-corrected chi connectivity index (χ3v) is 5.22. The summed E-state index contributed by atoms with van der Waals surface area (Å²) in [5, 5.41) is 0. The monoisotopic (exact) mass is 447 g/mol. The van der Waals surface area contributed by atoms with Crippen LogP contribution in [-0.2, 0) is 0 Å². The van der Waals surface area contributed by atoms with Gasteiger partial charge in [0.05, 0.1) is 12.7 Å². The zero-order valence-electron chi connectivity index (χ0n) is 19.8. The first-order chi connectivity index (χ1) is 15.8. The summed E-state index contributed by atoms with van der Waals surface area (Å²) in [5.74, 6) is -0.00312. The highest BCUT2D eigenvalue weighted by atomic mass is 19.1. The maximum atomic E-state index is 14.3. The van der Waals surface area contributed by atoms with E-state index in [1.807, 2.05) is 37.2 Å². The Morgan fingerprint density at radius 3 is 2.33 bits per heavy atom. The number of rotatable bonds is 9. The molecule has 0 spiro atoms. The number of carbonyl (C=O) groups excluding carboxylic acids is 1. The molecule has 5 heteroatoms. The Morgan fingerprint density at radius 1 is 0.970 bits per heavy atom. The highest BCUT2D eigenvalue weighted by molar-refractivity contribution is 6.07. The molecule has 0 saturated carbocycles. The molecule has 0 bridgehead atoms. The van der Waals surface area contributed by atoms with Gasteiger partial charge in [0.1, 0.15) is 23.9 Å². The van der Waals surface area contributed by atoms with Crippen LogP contribution in [0.2, 0.25) is 0 Å². The fourth-order valence-corrected chi connectivity index (χ4v) is 3.55. The van der Waals surface area contributed by atoms with Crippen LogP contribution in [0, 0.1) is 19.7 Å². The lowest BCUT2D eigenvalue weighted by Crippen LogP contribution is -2.19. The van der Waals surface area contributed by atoms with Gasteiger partial charge in [0.25, 0.3) is 0 Å². The second-order valence-corrected chi connectivity index (χ2v) is 8.32. The molecule has 3 aromatic carbocycles. The molecule has 0 radical (unpaired) electrons. The van der Waals surface area contributed by atoms with Crippen LogP contribution in [0.15, 0.2) is 60.7 Å². The Hall–Kier alpha value is -3.44. The third kappa shape index (κ3) is 6.53. The number of likely N-dealkylation sites (N-methyl/N-ethyl adjacent to an activating group) is 1. The molecule has 0 amide bonds. The molecular weight excluding hydrogens is 417 g/mol. The molecule has 0 aliphatic heterocycles. The van der Waals surface area contributed by atoms with Gasteiger partial charge in [-0.25, -0.2) is 4.39 Å². The first-order valence-corrected chi connectivity index (χ1v) is 10.8. The van der Waals surface area contributed by atoms with E-state index in [4.69, 9.17) is 9.47 Å². The SMILES string of the molecule is COc1ccc(C(=O)/C=C/c2cc(-c3cc(C)cc(C)c3)ccc2OCCN(C)C)c(F)c1. The standard InChI is InChI=1S/C28H30FNO3/c1-19-14-20(2)16-23(15-19)21-7-11-28(33-13-12-30(3)4)22(17-21)6-10-27(31)25-9-8-24(32-5)18-26(25)29/h6-11,14-18H,12-13H2,1-5H3/b10-6+. The Kier molecular flexibility index (Phi) is 8.01. The zero-order valence-corrected chi connectivity index (χ0v) is 19.8. The quantitative estimate of drug-likeness (QED) is 0.300. The number of halogens is 1. The van der Waals surface area contributed by atoms with Gasteiger partial charge >= 0.3 is 0 Å². The van der Waals surface area contributed by atoms with E-state index in [1.165, 1.54) is 36.4 Å². The van der Waals surface area contributed by atoms with Gasteiger partial charge < -0.3 is 14.4 Å². The number of methoxy groups -OCH3 is 1. The summed E-state index contributed by atoms with van der Waals surface area (Å²) in [6.07, 6.45) is 3.06. The fourth-order valence-electron chi connectivity index (χ4n) is 3.55. The van der Waals surface area contributed by atoms with Crippen molar-refractivity contribution in [2.24, 2.45) is 0 Å². The number of ketones is 1. The average Bonchev–Trinajstić information content (AvgIpc) is 2.77. The normalized spacial score (nSPS) is 11.2. The summed E-state index contributed by atoms with van der Waals surface area (Å²) in [7, 11) is 5.42. The molecule has 0 atom stereocenters. The molecule has 3 rings (SSSR count). The topological polar surface area (TPSA) is 38.8 Å². The molecule has 0 aliphatic carbocycles. The predicted molar refractivity (Wildman–Crippen MR) is 132 cm³/mol. The number of benzene rings is 3. The van der Waals surface area contributed by atoms with Crippen LogP contribution >= 0.6 is 0 Å². The van der Waals surface area contributed by atoms with Crippen LogP contribution in [0.1, 0.15) is 27.0 Å². The highest BCUT2D eigenvalue weighted by Gasteiger charge is 2.11. The molecule has 4 nitrogen and oxygen atoms in total. The van der Waals surface area contributed by atoms with Crippen LogP contribution in [0.3, 0.4) is 0 Å². The summed E-state index contributed by atoms with van der Waals surface area (Å²) >= 11 is 0. The summed E-state index contributed by atoms with van der Waals surface area (Å²) in [6.45, 7) is 5.41. The van der Waals surface area contributed by atoms with E-state index in [2.05, 4.69) is 32.0 Å².